The Labute approximate surface area is 117 Å². The Hall–Kier alpha value is -1.95. The van der Waals surface area contributed by atoms with Gasteiger partial charge in [-0.25, -0.2) is 4.39 Å². The fourth-order valence-corrected chi connectivity index (χ4v) is 1.52. The lowest BCUT2D eigenvalue weighted by Crippen LogP contribution is -2.32. The Bertz CT molecular complexity index is 435. The minimum Gasteiger partial charge on any atom is -0.385 e. The first-order valence-corrected chi connectivity index (χ1v) is 6.38. The number of methoxy groups -OCH3 is 1. The van der Waals surface area contributed by atoms with Crippen molar-refractivity contribution in [3.63, 3.8) is 0 Å². The summed E-state index contributed by atoms with van der Waals surface area (Å²) in [6, 6.07) is 5.81. The lowest BCUT2D eigenvalue weighted by molar-refractivity contribution is -0.129. The average molecular weight is 282 g/mol. The first-order chi connectivity index (χ1) is 9.61. The summed E-state index contributed by atoms with van der Waals surface area (Å²) in [6.07, 6.45) is 0.494. The number of hydrogen-bond donors (Lipinski definition) is 2. The highest BCUT2D eigenvalue weighted by atomic mass is 19.1. The van der Waals surface area contributed by atoms with Crippen molar-refractivity contribution in [1.29, 1.82) is 0 Å². The van der Waals surface area contributed by atoms with E-state index >= 15 is 0 Å². The first kappa shape index (κ1) is 16.1. The van der Waals surface area contributed by atoms with Crippen molar-refractivity contribution in [2.45, 2.75) is 19.4 Å². The van der Waals surface area contributed by atoms with E-state index in [1.54, 1.807) is 19.2 Å². The van der Waals surface area contributed by atoms with Gasteiger partial charge < -0.3 is 15.4 Å². The highest BCUT2D eigenvalue weighted by molar-refractivity contribution is 5.96. The molecule has 0 heterocycles. The molecule has 0 spiro atoms. The van der Waals surface area contributed by atoms with Gasteiger partial charge in [0.2, 0.25) is 11.8 Å². The number of benzene rings is 1. The second-order valence-corrected chi connectivity index (χ2v) is 4.28. The Morgan fingerprint density at radius 2 is 1.80 bits per heavy atom. The summed E-state index contributed by atoms with van der Waals surface area (Å²) in [5, 5.41) is 5.23. The summed E-state index contributed by atoms with van der Waals surface area (Å²) >= 11 is 0. The number of carbonyl (C=O) groups is 2. The maximum atomic E-state index is 12.7. The molecule has 0 saturated heterocycles. The number of carbonyl (C=O) groups excluding carboxylic acids is 2. The molecule has 1 aromatic rings. The minimum absolute atomic E-state index is 0.214. The van der Waals surface area contributed by atoms with E-state index in [-0.39, 0.29) is 30.6 Å². The Kier molecular flexibility index (Phi) is 7.27. The number of halogens is 1. The Balaban J connectivity index is 2.19. The molecule has 0 aliphatic rings. The van der Waals surface area contributed by atoms with E-state index in [0.29, 0.717) is 19.6 Å². The number of rotatable bonds is 8. The van der Waals surface area contributed by atoms with Gasteiger partial charge in [-0.2, -0.15) is 0 Å². The Morgan fingerprint density at radius 1 is 1.15 bits per heavy atom. The molecule has 2 amide bonds. The molecule has 0 atom stereocenters. The molecule has 0 aliphatic heterocycles. The van der Waals surface area contributed by atoms with Gasteiger partial charge in [-0.3, -0.25) is 9.59 Å². The van der Waals surface area contributed by atoms with E-state index < -0.39 is 0 Å². The molecule has 0 radical (unpaired) electrons. The molecule has 0 fully saturated rings. The van der Waals surface area contributed by atoms with Crippen LogP contribution in [0.2, 0.25) is 0 Å². The van der Waals surface area contributed by atoms with Crippen LogP contribution in [0.3, 0.4) is 0 Å². The second kappa shape index (κ2) is 9.03. The molecule has 0 unspecified atom stereocenters. The highest BCUT2D eigenvalue weighted by Crippen LogP contribution is 2.02. The van der Waals surface area contributed by atoms with Crippen LogP contribution < -0.4 is 10.6 Å². The van der Waals surface area contributed by atoms with Crippen molar-refractivity contribution in [2.75, 3.05) is 20.3 Å². The normalized spacial score (nSPS) is 10.1. The molecule has 5 nitrogen and oxygen atoms in total. The van der Waals surface area contributed by atoms with E-state index in [4.69, 9.17) is 4.74 Å². The lowest BCUT2D eigenvalue weighted by Gasteiger charge is -2.06. The number of hydrogen-bond acceptors (Lipinski definition) is 3. The van der Waals surface area contributed by atoms with Gasteiger partial charge in [0.1, 0.15) is 12.2 Å². The quantitative estimate of drug-likeness (QED) is 0.552. The van der Waals surface area contributed by atoms with Gasteiger partial charge in [0.25, 0.3) is 0 Å². The SMILES string of the molecule is COCCCNC(=O)CC(=O)NCc1ccc(F)cc1. The summed E-state index contributed by atoms with van der Waals surface area (Å²) in [5.74, 6) is -1.01. The summed E-state index contributed by atoms with van der Waals surface area (Å²) < 4.78 is 17.5. The van der Waals surface area contributed by atoms with E-state index in [1.165, 1.54) is 12.1 Å². The second-order valence-electron chi connectivity index (χ2n) is 4.28. The lowest BCUT2D eigenvalue weighted by atomic mass is 10.2. The van der Waals surface area contributed by atoms with Crippen molar-refractivity contribution in [2.24, 2.45) is 0 Å². The molecule has 2 N–H and O–H groups in total. The van der Waals surface area contributed by atoms with Crippen LogP contribution in [0.25, 0.3) is 0 Å². The Morgan fingerprint density at radius 3 is 2.45 bits per heavy atom. The summed E-state index contributed by atoms with van der Waals surface area (Å²) in [5.41, 5.74) is 0.778. The van der Waals surface area contributed by atoms with Crippen molar-refractivity contribution < 1.29 is 18.7 Å². The fraction of sp³-hybridized carbons (Fsp3) is 0.429. The largest absolute Gasteiger partial charge is 0.385 e. The van der Waals surface area contributed by atoms with Gasteiger partial charge in [0, 0.05) is 26.8 Å². The van der Waals surface area contributed by atoms with Gasteiger partial charge >= 0.3 is 0 Å². The molecular formula is C14H19FN2O3. The summed E-state index contributed by atoms with van der Waals surface area (Å²) in [4.78, 5) is 22.9. The van der Waals surface area contributed by atoms with E-state index in [2.05, 4.69) is 10.6 Å². The summed E-state index contributed by atoms with van der Waals surface area (Å²) in [7, 11) is 1.59. The third kappa shape index (κ3) is 6.84. The molecule has 6 heteroatoms. The van der Waals surface area contributed by atoms with Crippen LogP contribution in [-0.4, -0.2) is 32.1 Å². The smallest absolute Gasteiger partial charge is 0.229 e. The maximum absolute atomic E-state index is 12.7. The predicted octanol–water partition coefficient (Wildman–Crippen LogP) is 0.985. The van der Waals surface area contributed by atoms with Crippen LogP contribution >= 0.6 is 0 Å². The molecule has 0 bridgehead atoms. The van der Waals surface area contributed by atoms with Gasteiger partial charge in [-0.15, -0.1) is 0 Å². The molecule has 1 rings (SSSR count). The first-order valence-electron chi connectivity index (χ1n) is 6.38. The van der Waals surface area contributed by atoms with Gasteiger partial charge in [0.05, 0.1) is 0 Å². The third-order valence-electron chi connectivity index (χ3n) is 2.57. The monoisotopic (exact) mass is 282 g/mol. The van der Waals surface area contributed by atoms with Crippen molar-refractivity contribution in [3.8, 4) is 0 Å². The van der Waals surface area contributed by atoms with E-state index in [1.807, 2.05) is 0 Å². The zero-order chi connectivity index (χ0) is 14.8. The molecule has 20 heavy (non-hydrogen) atoms. The van der Waals surface area contributed by atoms with Crippen LogP contribution in [0.5, 0.6) is 0 Å². The maximum Gasteiger partial charge on any atom is 0.229 e. The zero-order valence-corrected chi connectivity index (χ0v) is 11.4. The zero-order valence-electron chi connectivity index (χ0n) is 11.4. The van der Waals surface area contributed by atoms with Gasteiger partial charge in [0.15, 0.2) is 0 Å². The average Bonchev–Trinajstić information content (AvgIpc) is 2.43. The van der Waals surface area contributed by atoms with Gasteiger partial charge in [-0.1, -0.05) is 12.1 Å². The van der Waals surface area contributed by atoms with Crippen LogP contribution in [-0.2, 0) is 20.9 Å². The molecule has 110 valence electrons. The fourth-order valence-electron chi connectivity index (χ4n) is 1.52. The highest BCUT2D eigenvalue weighted by Gasteiger charge is 2.08. The van der Waals surface area contributed by atoms with Crippen LogP contribution in [0.4, 0.5) is 4.39 Å². The molecule has 0 aliphatic carbocycles. The molecule has 0 saturated carbocycles. The van der Waals surface area contributed by atoms with E-state index in [9.17, 15) is 14.0 Å². The molecule has 0 aromatic heterocycles. The van der Waals surface area contributed by atoms with Crippen LogP contribution in [0, 0.1) is 5.82 Å². The van der Waals surface area contributed by atoms with Crippen molar-refractivity contribution >= 4 is 11.8 Å². The topological polar surface area (TPSA) is 67.4 Å². The number of ether oxygens (including phenoxy) is 1. The third-order valence-corrected chi connectivity index (χ3v) is 2.57. The van der Waals surface area contributed by atoms with E-state index in [0.717, 1.165) is 5.56 Å². The standard InChI is InChI=1S/C14H19FN2O3/c1-20-8-2-7-16-13(18)9-14(19)17-10-11-3-5-12(15)6-4-11/h3-6H,2,7-10H2,1H3,(H,16,18)(H,17,19). The van der Waals surface area contributed by atoms with Crippen molar-refractivity contribution in [3.05, 3.63) is 35.6 Å². The van der Waals surface area contributed by atoms with Crippen molar-refractivity contribution in [1.82, 2.24) is 10.6 Å². The minimum atomic E-state index is -0.362. The van der Waals surface area contributed by atoms with Crippen LogP contribution in [0.15, 0.2) is 24.3 Å². The van der Waals surface area contributed by atoms with Gasteiger partial charge in [-0.05, 0) is 24.1 Å². The predicted molar refractivity (Wildman–Crippen MR) is 72.4 cm³/mol. The number of nitrogens with one attached hydrogen (secondary N) is 2. The molecule has 1 aromatic carbocycles. The summed E-state index contributed by atoms with van der Waals surface area (Å²) in [6.45, 7) is 1.32. The molecular weight excluding hydrogens is 263 g/mol. The number of amides is 2. The van der Waals surface area contributed by atoms with Crippen LogP contribution in [0.1, 0.15) is 18.4 Å².